The summed E-state index contributed by atoms with van der Waals surface area (Å²) < 4.78 is 5.17. The van der Waals surface area contributed by atoms with Gasteiger partial charge >= 0.3 is 0 Å². The molecule has 2 atom stereocenters. The van der Waals surface area contributed by atoms with E-state index in [1.807, 2.05) is 4.90 Å². The van der Waals surface area contributed by atoms with Crippen molar-refractivity contribution in [3.05, 3.63) is 11.7 Å². The molecule has 0 spiro atoms. The second-order valence-electron chi connectivity index (χ2n) is 4.47. The third-order valence-electron chi connectivity index (χ3n) is 3.18. The molecule has 2 rings (SSSR count). The van der Waals surface area contributed by atoms with E-state index in [4.69, 9.17) is 4.52 Å². The second-order valence-corrected chi connectivity index (χ2v) is 4.47. The summed E-state index contributed by atoms with van der Waals surface area (Å²) >= 11 is 0. The van der Waals surface area contributed by atoms with E-state index in [0.29, 0.717) is 24.3 Å². The van der Waals surface area contributed by atoms with Gasteiger partial charge in [-0.2, -0.15) is 4.98 Å². The Kier molecular flexibility index (Phi) is 2.94. The van der Waals surface area contributed by atoms with Gasteiger partial charge in [-0.3, -0.25) is 4.79 Å². The zero-order chi connectivity index (χ0) is 11.7. The van der Waals surface area contributed by atoms with Crippen molar-refractivity contribution in [2.24, 2.45) is 0 Å². The zero-order valence-corrected chi connectivity index (χ0v) is 9.93. The second kappa shape index (κ2) is 4.23. The molecule has 0 saturated carbocycles. The molecule has 1 aromatic rings. The summed E-state index contributed by atoms with van der Waals surface area (Å²) in [5.74, 6) is 1.63. The number of aryl methyl sites for hydroxylation is 1. The van der Waals surface area contributed by atoms with Crippen molar-refractivity contribution < 1.29 is 9.32 Å². The van der Waals surface area contributed by atoms with Gasteiger partial charge in [0.05, 0.1) is 5.92 Å². The Balaban J connectivity index is 2.11. The topological polar surface area (TPSA) is 59.2 Å². The molecule has 1 aliphatic heterocycles. The first-order valence-electron chi connectivity index (χ1n) is 5.65. The van der Waals surface area contributed by atoms with Crippen LogP contribution in [-0.2, 0) is 4.79 Å². The molecule has 0 N–H and O–H groups in total. The van der Waals surface area contributed by atoms with E-state index in [0.717, 1.165) is 12.8 Å². The lowest BCUT2D eigenvalue weighted by Crippen LogP contribution is -2.43. The van der Waals surface area contributed by atoms with Crippen LogP contribution in [0.4, 0.5) is 0 Å². The average Bonchev–Trinajstić information content (AvgIpc) is 2.65. The molecule has 1 aromatic heterocycles. The number of aromatic nitrogens is 2. The third kappa shape index (κ3) is 2.08. The Morgan fingerprint density at radius 2 is 2.25 bits per heavy atom. The highest BCUT2D eigenvalue weighted by atomic mass is 16.5. The van der Waals surface area contributed by atoms with Crippen LogP contribution in [0.2, 0.25) is 0 Å². The number of piperidine rings is 1. The summed E-state index contributed by atoms with van der Waals surface area (Å²) in [5, 5.41) is 3.79. The maximum atomic E-state index is 11.5. The Labute approximate surface area is 94.8 Å². The van der Waals surface area contributed by atoms with Crippen molar-refractivity contribution >= 4 is 5.91 Å². The van der Waals surface area contributed by atoms with Crippen LogP contribution >= 0.6 is 0 Å². The third-order valence-corrected chi connectivity index (χ3v) is 3.18. The van der Waals surface area contributed by atoms with E-state index in [1.54, 1.807) is 13.8 Å². The minimum Gasteiger partial charge on any atom is -0.339 e. The molecule has 1 aliphatic rings. The van der Waals surface area contributed by atoms with Crippen molar-refractivity contribution in [2.45, 2.75) is 45.6 Å². The lowest BCUT2D eigenvalue weighted by molar-refractivity contribution is -0.132. The summed E-state index contributed by atoms with van der Waals surface area (Å²) in [6, 6.07) is 0.317. The number of nitrogens with zero attached hydrogens (tertiary/aromatic N) is 3. The minimum absolute atomic E-state index is 0.119. The predicted octanol–water partition coefficient (Wildman–Crippen LogP) is 1.49. The summed E-state index contributed by atoms with van der Waals surface area (Å²) in [4.78, 5) is 17.6. The minimum atomic E-state index is 0.119. The fraction of sp³-hybridized carbons (Fsp3) is 0.727. The van der Waals surface area contributed by atoms with Crippen LogP contribution in [0.15, 0.2) is 4.52 Å². The number of rotatable bonds is 1. The highest BCUT2D eigenvalue weighted by Gasteiger charge is 2.30. The van der Waals surface area contributed by atoms with Crippen LogP contribution in [0, 0.1) is 6.92 Å². The predicted molar refractivity (Wildman–Crippen MR) is 57.9 cm³/mol. The molecule has 88 valence electrons. The number of carbonyl (C=O) groups is 1. The first-order chi connectivity index (χ1) is 7.58. The standard InChI is InChI=1S/C11H17N3O2/c1-7-4-5-10(6-14(7)9(3)15)11-12-8(2)13-16-11/h7,10H,4-6H2,1-3H3/t7-,10+/m1/s1. The molecular weight excluding hydrogens is 206 g/mol. The Bertz CT molecular complexity index is 388. The quantitative estimate of drug-likeness (QED) is 0.723. The lowest BCUT2D eigenvalue weighted by atomic mass is 9.93. The van der Waals surface area contributed by atoms with E-state index >= 15 is 0 Å². The molecule has 0 unspecified atom stereocenters. The van der Waals surface area contributed by atoms with Crippen LogP contribution in [0.5, 0.6) is 0 Å². The van der Waals surface area contributed by atoms with Gasteiger partial charge in [-0.05, 0) is 26.7 Å². The number of likely N-dealkylation sites (tertiary alicyclic amines) is 1. The van der Waals surface area contributed by atoms with Crippen molar-refractivity contribution in [2.75, 3.05) is 6.54 Å². The molecule has 1 fully saturated rings. The summed E-state index contributed by atoms with van der Waals surface area (Å²) in [6.07, 6.45) is 2.00. The van der Waals surface area contributed by atoms with E-state index in [9.17, 15) is 4.79 Å². The lowest BCUT2D eigenvalue weighted by Gasteiger charge is -2.36. The maximum Gasteiger partial charge on any atom is 0.231 e. The highest BCUT2D eigenvalue weighted by Crippen LogP contribution is 2.28. The first kappa shape index (κ1) is 11.1. The monoisotopic (exact) mass is 223 g/mol. The molecule has 5 heteroatoms. The number of hydrogen-bond acceptors (Lipinski definition) is 4. The van der Waals surface area contributed by atoms with Crippen molar-refractivity contribution in [3.63, 3.8) is 0 Å². The Morgan fingerprint density at radius 3 is 2.81 bits per heavy atom. The van der Waals surface area contributed by atoms with E-state index < -0.39 is 0 Å². The van der Waals surface area contributed by atoms with Gasteiger partial charge < -0.3 is 9.42 Å². The van der Waals surface area contributed by atoms with Gasteiger partial charge in [0, 0.05) is 19.5 Å². The molecular formula is C11H17N3O2. The van der Waals surface area contributed by atoms with Gasteiger partial charge in [0.1, 0.15) is 0 Å². The molecule has 0 radical (unpaired) electrons. The van der Waals surface area contributed by atoms with Gasteiger partial charge in [-0.15, -0.1) is 0 Å². The Hall–Kier alpha value is -1.39. The van der Waals surface area contributed by atoms with Crippen molar-refractivity contribution in [1.82, 2.24) is 15.0 Å². The normalized spacial score (nSPS) is 25.8. The molecule has 1 saturated heterocycles. The highest BCUT2D eigenvalue weighted by molar-refractivity contribution is 5.73. The summed E-state index contributed by atoms with van der Waals surface area (Å²) in [5.41, 5.74) is 0. The van der Waals surface area contributed by atoms with Crippen molar-refractivity contribution in [3.8, 4) is 0 Å². The SMILES string of the molecule is CC(=O)N1C[C@@H](c2nc(C)no2)CC[C@H]1C. The maximum absolute atomic E-state index is 11.5. The molecule has 2 heterocycles. The molecule has 16 heavy (non-hydrogen) atoms. The van der Waals surface area contributed by atoms with E-state index in [1.165, 1.54) is 0 Å². The van der Waals surface area contributed by atoms with Gasteiger partial charge in [-0.25, -0.2) is 0 Å². The van der Waals surface area contributed by atoms with Gasteiger partial charge in [0.15, 0.2) is 5.82 Å². The van der Waals surface area contributed by atoms with Crippen LogP contribution in [0.1, 0.15) is 44.3 Å². The van der Waals surface area contributed by atoms with Crippen LogP contribution in [0.3, 0.4) is 0 Å². The van der Waals surface area contributed by atoms with E-state index in [-0.39, 0.29) is 11.8 Å². The van der Waals surface area contributed by atoms with Gasteiger partial charge in [0.2, 0.25) is 11.8 Å². The van der Waals surface area contributed by atoms with Crippen LogP contribution < -0.4 is 0 Å². The van der Waals surface area contributed by atoms with Gasteiger partial charge in [0.25, 0.3) is 0 Å². The summed E-state index contributed by atoms with van der Waals surface area (Å²) in [7, 11) is 0. The number of carbonyl (C=O) groups excluding carboxylic acids is 1. The van der Waals surface area contributed by atoms with Gasteiger partial charge in [-0.1, -0.05) is 5.16 Å². The molecule has 0 aromatic carbocycles. The van der Waals surface area contributed by atoms with Crippen LogP contribution in [0.25, 0.3) is 0 Å². The Morgan fingerprint density at radius 1 is 1.50 bits per heavy atom. The molecule has 0 aliphatic carbocycles. The zero-order valence-electron chi connectivity index (χ0n) is 9.93. The first-order valence-corrected chi connectivity index (χ1v) is 5.65. The smallest absolute Gasteiger partial charge is 0.231 e. The summed E-state index contributed by atoms with van der Waals surface area (Å²) in [6.45, 7) is 6.19. The fourth-order valence-electron chi connectivity index (χ4n) is 2.23. The molecule has 0 bridgehead atoms. The number of hydrogen-bond donors (Lipinski definition) is 0. The molecule has 5 nitrogen and oxygen atoms in total. The number of amides is 1. The largest absolute Gasteiger partial charge is 0.339 e. The van der Waals surface area contributed by atoms with Crippen LogP contribution in [-0.4, -0.2) is 33.5 Å². The van der Waals surface area contributed by atoms with Crippen molar-refractivity contribution in [1.29, 1.82) is 0 Å². The molecule has 1 amide bonds. The van der Waals surface area contributed by atoms with E-state index in [2.05, 4.69) is 17.1 Å². The average molecular weight is 223 g/mol. The fourth-order valence-corrected chi connectivity index (χ4v) is 2.23.